The Kier molecular flexibility index (Phi) is 5.56. The molecular weight excluding hydrogens is 370 g/mol. The summed E-state index contributed by atoms with van der Waals surface area (Å²) in [4.78, 5) is 27.2. The Bertz CT molecular complexity index is 961. The lowest BCUT2D eigenvalue weighted by molar-refractivity contribution is 0.0676. The first-order valence-corrected chi connectivity index (χ1v) is 10.2. The molecule has 0 atom stereocenters. The molecule has 0 N–H and O–H groups in total. The molecule has 1 aromatic heterocycles. The second-order valence-electron chi connectivity index (χ2n) is 7.79. The average molecular weight is 397 g/mol. The van der Waals surface area contributed by atoms with E-state index in [-0.39, 0.29) is 11.5 Å². The number of rotatable bonds is 5. The number of carbonyl (C=O) groups excluding carboxylic acids is 1. The average Bonchev–Trinajstić information content (AvgIpc) is 3.20. The highest BCUT2D eigenvalue weighted by atomic mass is 16.5. The number of nitrogens with zero attached hydrogens (tertiary/aromatic N) is 3. The van der Waals surface area contributed by atoms with Gasteiger partial charge in [-0.1, -0.05) is 0 Å². The predicted octanol–water partition coefficient (Wildman–Crippen LogP) is 2.30. The molecule has 1 aliphatic heterocycles. The van der Waals surface area contributed by atoms with E-state index in [1.54, 1.807) is 43.2 Å². The van der Waals surface area contributed by atoms with Gasteiger partial charge in [0.1, 0.15) is 11.5 Å². The molecule has 29 heavy (non-hydrogen) atoms. The Morgan fingerprint density at radius 3 is 2.66 bits per heavy atom. The molecule has 1 aliphatic carbocycles. The van der Waals surface area contributed by atoms with Gasteiger partial charge in [-0.3, -0.25) is 9.59 Å². The van der Waals surface area contributed by atoms with Crippen molar-refractivity contribution < 1.29 is 14.3 Å². The quantitative estimate of drug-likeness (QED) is 0.774. The van der Waals surface area contributed by atoms with Crippen LogP contribution in [0, 0.1) is 5.92 Å². The molecule has 0 spiro atoms. The predicted molar refractivity (Wildman–Crippen MR) is 109 cm³/mol. The number of amides is 1. The molecule has 2 heterocycles. The fraction of sp³-hybridized carbons (Fsp3) is 0.500. The van der Waals surface area contributed by atoms with Crippen LogP contribution < -0.4 is 15.0 Å². The van der Waals surface area contributed by atoms with Gasteiger partial charge < -0.3 is 14.4 Å². The first-order valence-electron chi connectivity index (χ1n) is 10.2. The van der Waals surface area contributed by atoms with Crippen molar-refractivity contribution in [2.75, 3.05) is 27.3 Å². The number of aryl methyl sites for hydroxylation is 2. The second kappa shape index (κ2) is 8.27. The molecule has 1 aromatic carbocycles. The van der Waals surface area contributed by atoms with Crippen LogP contribution in [0.25, 0.3) is 0 Å². The molecule has 2 aromatic rings. The van der Waals surface area contributed by atoms with Crippen molar-refractivity contribution in [2.24, 2.45) is 5.92 Å². The van der Waals surface area contributed by atoms with Crippen LogP contribution in [0.2, 0.25) is 0 Å². The second-order valence-corrected chi connectivity index (χ2v) is 7.79. The number of benzene rings is 1. The molecule has 7 nitrogen and oxygen atoms in total. The molecule has 4 rings (SSSR count). The number of carbonyl (C=O) groups is 1. The molecule has 1 saturated heterocycles. The molecule has 0 radical (unpaired) electrons. The van der Waals surface area contributed by atoms with Crippen molar-refractivity contribution in [2.45, 2.75) is 38.6 Å². The van der Waals surface area contributed by atoms with Crippen molar-refractivity contribution in [3.63, 3.8) is 0 Å². The summed E-state index contributed by atoms with van der Waals surface area (Å²) in [6, 6.07) is 7.01. The molecular formula is C22H27N3O4. The van der Waals surface area contributed by atoms with E-state index in [9.17, 15) is 9.59 Å². The van der Waals surface area contributed by atoms with Crippen molar-refractivity contribution in [1.29, 1.82) is 0 Å². The molecule has 1 amide bonds. The molecule has 0 saturated carbocycles. The Morgan fingerprint density at radius 2 is 1.93 bits per heavy atom. The number of hydrogen-bond donors (Lipinski definition) is 0. The molecule has 1 fully saturated rings. The van der Waals surface area contributed by atoms with Crippen molar-refractivity contribution >= 4 is 5.91 Å². The third-order valence-electron chi connectivity index (χ3n) is 5.99. The highest BCUT2D eigenvalue weighted by Gasteiger charge is 2.27. The number of ether oxygens (including phenoxy) is 2. The Morgan fingerprint density at radius 1 is 1.14 bits per heavy atom. The van der Waals surface area contributed by atoms with E-state index in [4.69, 9.17) is 9.47 Å². The summed E-state index contributed by atoms with van der Waals surface area (Å²) in [5, 5.41) is 4.58. The maximum Gasteiger partial charge on any atom is 0.267 e. The van der Waals surface area contributed by atoms with Crippen LogP contribution in [0.5, 0.6) is 11.5 Å². The lowest BCUT2D eigenvalue weighted by Crippen LogP contribution is -2.40. The lowest BCUT2D eigenvalue weighted by atomic mass is 9.96. The number of aromatic nitrogens is 2. The molecule has 0 bridgehead atoms. The number of fused-ring (bicyclic) bond motifs is 1. The van der Waals surface area contributed by atoms with Gasteiger partial charge in [0, 0.05) is 25.7 Å². The van der Waals surface area contributed by atoms with Crippen LogP contribution in [0.1, 0.15) is 40.9 Å². The van der Waals surface area contributed by atoms with E-state index in [1.165, 1.54) is 0 Å². The van der Waals surface area contributed by atoms with Gasteiger partial charge in [0.15, 0.2) is 0 Å². The smallest absolute Gasteiger partial charge is 0.267 e. The number of hydrogen-bond acceptors (Lipinski definition) is 5. The van der Waals surface area contributed by atoms with Gasteiger partial charge in [0.2, 0.25) is 0 Å². The summed E-state index contributed by atoms with van der Waals surface area (Å²) >= 11 is 0. The fourth-order valence-corrected chi connectivity index (χ4v) is 4.28. The first kappa shape index (κ1) is 19.5. The van der Waals surface area contributed by atoms with Crippen LogP contribution in [-0.4, -0.2) is 47.9 Å². The van der Waals surface area contributed by atoms with Crippen LogP contribution in [-0.2, 0) is 19.4 Å². The van der Waals surface area contributed by atoms with Crippen molar-refractivity contribution in [3.05, 3.63) is 51.4 Å². The fourth-order valence-electron chi connectivity index (χ4n) is 4.28. The van der Waals surface area contributed by atoms with Crippen LogP contribution in [0.3, 0.4) is 0 Å². The van der Waals surface area contributed by atoms with Gasteiger partial charge in [-0.05, 0) is 61.8 Å². The van der Waals surface area contributed by atoms with E-state index < -0.39 is 0 Å². The zero-order chi connectivity index (χ0) is 20.4. The molecule has 7 heteroatoms. The van der Waals surface area contributed by atoms with Gasteiger partial charge in [0.25, 0.3) is 11.5 Å². The number of likely N-dealkylation sites (tertiary alicyclic amines) is 1. The maximum absolute atomic E-state index is 13.0. The van der Waals surface area contributed by atoms with Gasteiger partial charge in [0.05, 0.1) is 25.5 Å². The Hall–Kier alpha value is -2.83. The minimum atomic E-state index is -0.0491. The minimum absolute atomic E-state index is 0.00901. The normalized spacial score (nSPS) is 16.6. The van der Waals surface area contributed by atoms with Gasteiger partial charge in [-0.15, -0.1) is 0 Å². The third-order valence-corrected chi connectivity index (χ3v) is 5.99. The van der Waals surface area contributed by atoms with Crippen molar-refractivity contribution in [1.82, 2.24) is 14.7 Å². The zero-order valence-corrected chi connectivity index (χ0v) is 17.0. The topological polar surface area (TPSA) is 73.7 Å². The SMILES string of the molecule is COc1ccc(OC)c(C(=O)N2CCC(Cn3nc4c(cc3=O)CCC4)CC2)c1. The largest absolute Gasteiger partial charge is 0.497 e. The lowest BCUT2D eigenvalue weighted by Gasteiger charge is -2.32. The summed E-state index contributed by atoms with van der Waals surface area (Å²) < 4.78 is 12.2. The minimum Gasteiger partial charge on any atom is -0.497 e. The monoisotopic (exact) mass is 397 g/mol. The van der Waals surface area contributed by atoms with Crippen LogP contribution in [0.15, 0.2) is 29.1 Å². The van der Waals surface area contributed by atoms with E-state index in [0.717, 1.165) is 43.4 Å². The van der Waals surface area contributed by atoms with E-state index in [1.807, 2.05) is 4.90 Å². The zero-order valence-electron chi connectivity index (χ0n) is 17.0. The number of methoxy groups -OCH3 is 2. The van der Waals surface area contributed by atoms with Crippen LogP contribution in [0.4, 0.5) is 0 Å². The van der Waals surface area contributed by atoms with Gasteiger partial charge >= 0.3 is 0 Å². The highest BCUT2D eigenvalue weighted by Crippen LogP contribution is 2.27. The highest BCUT2D eigenvalue weighted by molar-refractivity contribution is 5.97. The first-order chi connectivity index (χ1) is 14.1. The number of piperidine rings is 1. The standard InChI is InChI=1S/C22H27N3O4/c1-28-17-6-7-20(29-2)18(13-17)22(27)24-10-8-15(9-11-24)14-25-21(26)12-16-4-3-5-19(16)23-25/h6-7,12-13,15H,3-5,8-11,14H2,1-2H3. The Balaban J connectivity index is 1.41. The van der Waals surface area contributed by atoms with E-state index in [0.29, 0.717) is 42.6 Å². The molecule has 2 aliphatic rings. The third kappa shape index (κ3) is 3.99. The van der Waals surface area contributed by atoms with E-state index >= 15 is 0 Å². The van der Waals surface area contributed by atoms with Crippen LogP contribution >= 0.6 is 0 Å². The van der Waals surface area contributed by atoms with Crippen molar-refractivity contribution in [3.8, 4) is 11.5 Å². The maximum atomic E-state index is 13.0. The van der Waals surface area contributed by atoms with Gasteiger partial charge in [-0.25, -0.2) is 4.68 Å². The summed E-state index contributed by atoms with van der Waals surface area (Å²) in [6.07, 6.45) is 4.71. The molecule has 154 valence electrons. The van der Waals surface area contributed by atoms with Gasteiger partial charge in [-0.2, -0.15) is 5.10 Å². The molecule has 0 unspecified atom stereocenters. The van der Waals surface area contributed by atoms with E-state index in [2.05, 4.69) is 5.10 Å². The summed E-state index contributed by atoms with van der Waals surface area (Å²) in [7, 11) is 3.14. The Labute approximate surface area is 170 Å². The summed E-state index contributed by atoms with van der Waals surface area (Å²) in [6.45, 7) is 1.93. The summed E-state index contributed by atoms with van der Waals surface area (Å²) in [5.74, 6) is 1.47. The summed E-state index contributed by atoms with van der Waals surface area (Å²) in [5.41, 5.74) is 2.69.